The number of hydrogen-bond donors (Lipinski definition) is 1. The predicted octanol–water partition coefficient (Wildman–Crippen LogP) is 3.76. The SMILES string of the molecule is CC[C@H](C)CCCCCCCCO. The summed E-state index contributed by atoms with van der Waals surface area (Å²) >= 11 is 0. The molecule has 0 rings (SSSR count). The highest BCUT2D eigenvalue weighted by molar-refractivity contribution is 4.51. The van der Waals surface area contributed by atoms with Crippen molar-refractivity contribution in [3.8, 4) is 0 Å². The average Bonchev–Trinajstić information content (AvgIpc) is 2.16. The summed E-state index contributed by atoms with van der Waals surface area (Å²) in [7, 11) is 0. The number of unbranched alkanes of at least 4 members (excludes halogenated alkanes) is 5. The Morgan fingerprint density at radius 3 is 2.00 bits per heavy atom. The molecule has 0 saturated carbocycles. The van der Waals surface area contributed by atoms with E-state index in [0.29, 0.717) is 6.61 Å². The van der Waals surface area contributed by atoms with E-state index in [1.165, 1.54) is 44.9 Å². The molecular weight excluding hydrogens is 160 g/mol. The van der Waals surface area contributed by atoms with E-state index >= 15 is 0 Å². The zero-order valence-electron chi connectivity index (χ0n) is 9.39. The topological polar surface area (TPSA) is 20.2 Å². The molecule has 0 aliphatic rings. The monoisotopic (exact) mass is 186 g/mol. The summed E-state index contributed by atoms with van der Waals surface area (Å²) < 4.78 is 0. The largest absolute Gasteiger partial charge is 0.396 e. The quantitative estimate of drug-likeness (QED) is 0.544. The van der Waals surface area contributed by atoms with E-state index in [4.69, 9.17) is 5.11 Å². The summed E-state index contributed by atoms with van der Waals surface area (Å²) in [5.74, 6) is 0.914. The Labute approximate surface area is 83.5 Å². The van der Waals surface area contributed by atoms with Crippen molar-refractivity contribution in [2.75, 3.05) is 6.61 Å². The second-order valence-corrected chi connectivity index (χ2v) is 4.15. The first-order chi connectivity index (χ1) is 6.31. The molecule has 0 aliphatic carbocycles. The van der Waals surface area contributed by atoms with E-state index in [0.717, 1.165) is 12.3 Å². The number of hydrogen-bond acceptors (Lipinski definition) is 1. The van der Waals surface area contributed by atoms with E-state index in [2.05, 4.69) is 13.8 Å². The molecule has 1 nitrogen and oxygen atoms in total. The summed E-state index contributed by atoms with van der Waals surface area (Å²) in [4.78, 5) is 0. The first kappa shape index (κ1) is 13.0. The highest BCUT2D eigenvalue weighted by atomic mass is 16.2. The van der Waals surface area contributed by atoms with Gasteiger partial charge in [0.25, 0.3) is 0 Å². The number of rotatable bonds is 9. The third kappa shape index (κ3) is 9.88. The summed E-state index contributed by atoms with van der Waals surface area (Å²) in [5, 5.41) is 8.57. The Bertz CT molecular complexity index is 91.1. The van der Waals surface area contributed by atoms with Crippen LogP contribution in [-0.2, 0) is 0 Å². The van der Waals surface area contributed by atoms with Crippen molar-refractivity contribution in [1.29, 1.82) is 0 Å². The lowest BCUT2D eigenvalue weighted by Gasteiger charge is -2.07. The Morgan fingerprint density at radius 1 is 0.923 bits per heavy atom. The molecule has 13 heavy (non-hydrogen) atoms. The Kier molecular flexibility index (Phi) is 10.0. The van der Waals surface area contributed by atoms with Crippen LogP contribution in [0.15, 0.2) is 0 Å². The molecule has 80 valence electrons. The van der Waals surface area contributed by atoms with Gasteiger partial charge in [-0.15, -0.1) is 0 Å². The van der Waals surface area contributed by atoms with Gasteiger partial charge >= 0.3 is 0 Å². The maximum absolute atomic E-state index is 8.57. The van der Waals surface area contributed by atoms with Crippen LogP contribution in [0.5, 0.6) is 0 Å². The average molecular weight is 186 g/mol. The minimum atomic E-state index is 0.368. The first-order valence-electron chi connectivity index (χ1n) is 5.92. The summed E-state index contributed by atoms with van der Waals surface area (Å²) in [6, 6.07) is 0. The van der Waals surface area contributed by atoms with Crippen molar-refractivity contribution in [1.82, 2.24) is 0 Å². The molecule has 0 aromatic rings. The van der Waals surface area contributed by atoms with Crippen LogP contribution in [0.3, 0.4) is 0 Å². The standard InChI is InChI=1S/C12H26O/c1-3-12(2)10-8-6-4-5-7-9-11-13/h12-13H,3-11H2,1-2H3/t12-/m0/s1. The molecule has 0 radical (unpaired) electrons. The van der Waals surface area contributed by atoms with Crippen LogP contribution in [0.2, 0.25) is 0 Å². The molecule has 0 aromatic heterocycles. The van der Waals surface area contributed by atoms with Crippen molar-refractivity contribution in [2.45, 2.75) is 65.2 Å². The zero-order valence-corrected chi connectivity index (χ0v) is 9.39. The predicted molar refractivity (Wildman–Crippen MR) is 58.9 cm³/mol. The minimum absolute atomic E-state index is 0.368. The lowest BCUT2D eigenvalue weighted by atomic mass is 10.00. The third-order valence-electron chi connectivity index (χ3n) is 2.80. The molecule has 0 fully saturated rings. The van der Waals surface area contributed by atoms with Crippen LogP contribution in [0.25, 0.3) is 0 Å². The third-order valence-corrected chi connectivity index (χ3v) is 2.80. The molecule has 1 atom stereocenters. The Morgan fingerprint density at radius 2 is 1.46 bits per heavy atom. The van der Waals surface area contributed by atoms with Gasteiger partial charge in [0.1, 0.15) is 0 Å². The van der Waals surface area contributed by atoms with Crippen molar-refractivity contribution >= 4 is 0 Å². The van der Waals surface area contributed by atoms with E-state index in [9.17, 15) is 0 Å². The van der Waals surface area contributed by atoms with Gasteiger partial charge < -0.3 is 5.11 Å². The highest BCUT2D eigenvalue weighted by Crippen LogP contribution is 2.13. The number of aliphatic hydroxyl groups excluding tert-OH is 1. The van der Waals surface area contributed by atoms with Crippen LogP contribution >= 0.6 is 0 Å². The Balaban J connectivity index is 2.91. The van der Waals surface area contributed by atoms with E-state index < -0.39 is 0 Å². The lowest BCUT2D eigenvalue weighted by molar-refractivity contribution is 0.282. The summed E-state index contributed by atoms with van der Waals surface area (Å²) in [6.45, 7) is 4.98. The maximum Gasteiger partial charge on any atom is 0.0431 e. The maximum atomic E-state index is 8.57. The van der Waals surface area contributed by atoms with Crippen LogP contribution < -0.4 is 0 Å². The molecule has 0 amide bonds. The van der Waals surface area contributed by atoms with Crippen molar-refractivity contribution in [3.05, 3.63) is 0 Å². The smallest absolute Gasteiger partial charge is 0.0431 e. The molecule has 1 N–H and O–H groups in total. The van der Waals surface area contributed by atoms with Gasteiger partial charge in [-0.2, -0.15) is 0 Å². The van der Waals surface area contributed by atoms with E-state index in [1.807, 2.05) is 0 Å². The minimum Gasteiger partial charge on any atom is -0.396 e. The van der Waals surface area contributed by atoms with Gasteiger partial charge in [0.15, 0.2) is 0 Å². The fourth-order valence-corrected chi connectivity index (χ4v) is 1.52. The molecule has 0 aliphatic heterocycles. The van der Waals surface area contributed by atoms with Gasteiger partial charge in [-0.3, -0.25) is 0 Å². The van der Waals surface area contributed by atoms with E-state index in [-0.39, 0.29) is 0 Å². The lowest BCUT2D eigenvalue weighted by Crippen LogP contribution is -1.91. The molecule has 1 heteroatoms. The van der Waals surface area contributed by atoms with Gasteiger partial charge in [0.05, 0.1) is 0 Å². The fourth-order valence-electron chi connectivity index (χ4n) is 1.52. The molecule has 0 heterocycles. The fraction of sp³-hybridized carbons (Fsp3) is 1.00. The molecule has 0 aromatic carbocycles. The number of aliphatic hydroxyl groups is 1. The van der Waals surface area contributed by atoms with Gasteiger partial charge in [-0.25, -0.2) is 0 Å². The molecule has 0 saturated heterocycles. The highest BCUT2D eigenvalue weighted by Gasteiger charge is 1.97. The molecule has 0 unspecified atom stereocenters. The van der Waals surface area contributed by atoms with Crippen molar-refractivity contribution < 1.29 is 5.11 Å². The Hall–Kier alpha value is -0.0400. The van der Waals surface area contributed by atoms with Gasteiger partial charge in [-0.1, -0.05) is 58.8 Å². The normalized spacial score (nSPS) is 13.2. The zero-order chi connectivity index (χ0) is 9.94. The molecule has 0 spiro atoms. The second kappa shape index (κ2) is 10.0. The van der Waals surface area contributed by atoms with Crippen molar-refractivity contribution in [2.24, 2.45) is 5.92 Å². The first-order valence-corrected chi connectivity index (χ1v) is 5.92. The van der Waals surface area contributed by atoms with Crippen LogP contribution in [0.4, 0.5) is 0 Å². The van der Waals surface area contributed by atoms with Gasteiger partial charge in [0, 0.05) is 6.61 Å². The van der Waals surface area contributed by atoms with Gasteiger partial charge in [0.2, 0.25) is 0 Å². The van der Waals surface area contributed by atoms with Crippen LogP contribution in [0.1, 0.15) is 65.2 Å². The van der Waals surface area contributed by atoms with Gasteiger partial charge in [-0.05, 0) is 12.3 Å². The van der Waals surface area contributed by atoms with E-state index in [1.54, 1.807) is 0 Å². The van der Waals surface area contributed by atoms with Crippen LogP contribution in [0, 0.1) is 5.92 Å². The summed E-state index contributed by atoms with van der Waals surface area (Å²) in [5.41, 5.74) is 0. The molecular formula is C12H26O. The second-order valence-electron chi connectivity index (χ2n) is 4.15. The summed E-state index contributed by atoms with van der Waals surface area (Å²) in [6.07, 6.45) is 10.4. The van der Waals surface area contributed by atoms with Crippen molar-refractivity contribution in [3.63, 3.8) is 0 Å². The molecule has 0 bridgehead atoms. The van der Waals surface area contributed by atoms with Crippen LogP contribution in [-0.4, -0.2) is 11.7 Å².